The molecule has 14 heteroatoms. The third kappa shape index (κ3) is 5.71. The number of carbonyl (C=O) groups excluding carboxylic acids is 2. The minimum atomic E-state index is -0.544. The van der Waals surface area contributed by atoms with Gasteiger partial charge in [-0.05, 0) is 31.2 Å². The number of hydrogen-bond donors (Lipinski definition) is 2. The third-order valence-electron chi connectivity index (χ3n) is 4.03. The highest BCUT2D eigenvalue weighted by Gasteiger charge is 2.20. The van der Waals surface area contributed by atoms with Crippen molar-refractivity contribution in [1.82, 2.24) is 25.0 Å². The molecule has 2 amide bonds. The van der Waals surface area contributed by atoms with Gasteiger partial charge in [0.1, 0.15) is 5.82 Å². The first-order valence-corrected chi connectivity index (χ1v) is 12.0. The first-order valence-electron chi connectivity index (χ1n) is 9.30. The molecule has 3 heterocycles. The molecule has 0 aliphatic carbocycles. The number of nitrogens with one attached hydrogen (secondary N) is 2. The number of aromatic nitrogens is 5. The second kappa shape index (κ2) is 10.1. The Kier molecular flexibility index (Phi) is 6.96. The van der Waals surface area contributed by atoms with Gasteiger partial charge in [0.15, 0.2) is 20.9 Å². The second-order valence-corrected chi connectivity index (χ2v) is 9.48. The number of carbonyl (C=O) groups is 2. The minimum absolute atomic E-state index is 0.0318. The summed E-state index contributed by atoms with van der Waals surface area (Å²) in [6.07, 6.45) is 1.52. The number of aryl methyl sites for hydroxylation is 1. The summed E-state index contributed by atoms with van der Waals surface area (Å²) < 4.78 is 20.3. The number of anilines is 2. The summed E-state index contributed by atoms with van der Waals surface area (Å²) in [6.45, 7) is 1.85. The first-order chi connectivity index (χ1) is 15.9. The molecule has 170 valence electrons. The first kappa shape index (κ1) is 22.8. The van der Waals surface area contributed by atoms with Crippen molar-refractivity contribution in [2.75, 3.05) is 23.5 Å². The average Bonchev–Trinajstić information content (AvgIpc) is 3.53. The molecule has 10 nitrogen and oxygen atoms in total. The summed E-state index contributed by atoms with van der Waals surface area (Å²) >= 11 is 3.67. The molecule has 0 unspecified atom stereocenters. The maximum absolute atomic E-state index is 13.2. The molecule has 0 aliphatic rings. The molecule has 4 rings (SSSR count). The Morgan fingerprint density at radius 1 is 1.18 bits per heavy atom. The fourth-order valence-electron chi connectivity index (χ4n) is 2.56. The average molecular weight is 506 g/mol. The van der Waals surface area contributed by atoms with Crippen LogP contribution in [0.1, 0.15) is 16.2 Å². The summed E-state index contributed by atoms with van der Waals surface area (Å²) in [4.78, 5) is 28.9. The number of nitrogens with zero attached hydrogens (tertiary/aromatic N) is 5. The van der Waals surface area contributed by atoms with Crippen LogP contribution >= 0.6 is 34.4 Å². The van der Waals surface area contributed by atoms with E-state index < -0.39 is 5.91 Å². The predicted octanol–water partition coefficient (Wildman–Crippen LogP) is 3.62. The van der Waals surface area contributed by atoms with Gasteiger partial charge in [0, 0.05) is 5.38 Å². The molecule has 0 atom stereocenters. The van der Waals surface area contributed by atoms with Crippen LogP contribution in [0.2, 0.25) is 0 Å². The Hall–Kier alpha value is -3.36. The fraction of sp³-hybridized carbons (Fsp3) is 0.158. The number of amides is 2. The highest BCUT2D eigenvalue weighted by Crippen LogP contribution is 2.27. The Balaban J connectivity index is 1.37. The highest BCUT2D eigenvalue weighted by atomic mass is 32.2. The van der Waals surface area contributed by atoms with Crippen LogP contribution in [-0.2, 0) is 4.79 Å². The SMILES string of the molecule is COc1cn(-c2ccc(F)cc2)nc1C(=O)Nc1nnc(SCC(=O)Nc2nc(C)cs2)s1. The number of thioether (sulfide) groups is 1. The smallest absolute Gasteiger partial charge is 0.281 e. The van der Waals surface area contributed by atoms with Crippen molar-refractivity contribution in [3.8, 4) is 11.4 Å². The van der Waals surface area contributed by atoms with E-state index in [0.29, 0.717) is 15.2 Å². The molecule has 2 N–H and O–H groups in total. The van der Waals surface area contributed by atoms with Crippen LogP contribution < -0.4 is 15.4 Å². The van der Waals surface area contributed by atoms with Crippen molar-refractivity contribution < 1.29 is 18.7 Å². The molecule has 4 aromatic rings. The number of benzene rings is 1. The van der Waals surface area contributed by atoms with Gasteiger partial charge >= 0.3 is 0 Å². The number of hydrogen-bond acceptors (Lipinski definition) is 10. The van der Waals surface area contributed by atoms with Crippen molar-refractivity contribution in [3.05, 3.63) is 53.0 Å². The van der Waals surface area contributed by atoms with Crippen molar-refractivity contribution in [2.24, 2.45) is 0 Å². The molecule has 33 heavy (non-hydrogen) atoms. The van der Waals surface area contributed by atoms with Crippen LogP contribution in [0.15, 0.2) is 40.2 Å². The predicted molar refractivity (Wildman–Crippen MR) is 124 cm³/mol. The summed E-state index contributed by atoms with van der Waals surface area (Å²) in [6, 6.07) is 5.65. The Morgan fingerprint density at radius 3 is 2.67 bits per heavy atom. The zero-order valence-corrected chi connectivity index (χ0v) is 19.7. The lowest BCUT2D eigenvalue weighted by atomic mass is 10.3. The molecule has 0 saturated heterocycles. The molecular formula is C19H16FN7O3S3. The maximum Gasteiger partial charge on any atom is 0.281 e. The van der Waals surface area contributed by atoms with E-state index in [0.717, 1.165) is 17.0 Å². The number of methoxy groups -OCH3 is 1. The maximum atomic E-state index is 13.2. The van der Waals surface area contributed by atoms with Gasteiger partial charge in [-0.2, -0.15) is 5.10 Å². The normalized spacial score (nSPS) is 10.8. The van der Waals surface area contributed by atoms with E-state index in [-0.39, 0.29) is 34.1 Å². The van der Waals surface area contributed by atoms with Gasteiger partial charge in [-0.1, -0.05) is 23.1 Å². The molecule has 0 radical (unpaired) electrons. The molecular weight excluding hydrogens is 489 g/mol. The van der Waals surface area contributed by atoms with Crippen molar-refractivity contribution in [1.29, 1.82) is 0 Å². The highest BCUT2D eigenvalue weighted by molar-refractivity contribution is 8.01. The Labute approximate surface area is 199 Å². The van der Waals surface area contributed by atoms with Crippen LogP contribution in [0.5, 0.6) is 5.75 Å². The molecule has 0 saturated carbocycles. The lowest BCUT2D eigenvalue weighted by Crippen LogP contribution is -2.14. The summed E-state index contributed by atoms with van der Waals surface area (Å²) in [5.74, 6) is -0.776. The lowest BCUT2D eigenvalue weighted by molar-refractivity contribution is -0.113. The van der Waals surface area contributed by atoms with Crippen molar-refractivity contribution >= 4 is 56.5 Å². The summed E-state index contributed by atoms with van der Waals surface area (Å²) in [5, 5.41) is 20.1. The second-order valence-electron chi connectivity index (χ2n) is 6.43. The zero-order chi connectivity index (χ0) is 23.4. The molecule has 0 aliphatic heterocycles. The minimum Gasteiger partial charge on any atom is -0.493 e. The topological polar surface area (TPSA) is 124 Å². The van der Waals surface area contributed by atoms with Gasteiger partial charge < -0.3 is 10.1 Å². The fourth-order valence-corrected chi connectivity index (χ4v) is 4.81. The molecule has 3 aromatic heterocycles. The molecule has 0 fully saturated rings. The van der Waals surface area contributed by atoms with E-state index in [4.69, 9.17) is 4.74 Å². The van der Waals surface area contributed by atoms with Gasteiger partial charge in [-0.15, -0.1) is 21.5 Å². The van der Waals surface area contributed by atoms with Gasteiger partial charge in [0.2, 0.25) is 11.0 Å². The molecule has 0 spiro atoms. The van der Waals surface area contributed by atoms with Crippen LogP contribution in [0.4, 0.5) is 14.7 Å². The Bertz CT molecular complexity index is 1290. The van der Waals surface area contributed by atoms with E-state index in [1.165, 1.54) is 65.4 Å². The standard InChI is InChI=1S/C19H16FN7O3S3/c1-10-8-31-17(21-10)22-14(28)9-32-19-25-24-18(33-19)23-16(29)15-13(30-2)7-27(26-15)12-5-3-11(20)4-6-12/h3-8H,9H2,1-2H3,(H,21,22,28)(H,23,24,29). The zero-order valence-electron chi connectivity index (χ0n) is 17.2. The molecule has 0 bridgehead atoms. The largest absolute Gasteiger partial charge is 0.493 e. The van der Waals surface area contributed by atoms with Gasteiger partial charge in [0.25, 0.3) is 5.91 Å². The lowest BCUT2D eigenvalue weighted by Gasteiger charge is -2.00. The van der Waals surface area contributed by atoms with Gasteiger partial charge in [-0.25, -0.2) is 14.1 Å². The van der Waals surface area contributed by atoms with Crippen molar-refractivity contribution in [2.45, 2.75) is 11.3 Å². The monoisotopic (exact) mass is 505 g/mol. The van der Waals surface area contributed by atoms with Gasteiger partial charge in [0.05, 0.1) is 30.4 Å². The van der Waals surface area contributed by atoms with Gasteiger partial charge in [-0.3, -0.25) is 14.9 Å². The van der Waals surface area contributed by atoms with Crippen LogP contribution in [0, 0.1) is 12.7 Å². The van der Waals surface area contributed by atoms with E-state index in [1.807, 2.05) is 12.3 Å². The van der Waals surface area contributed by atoms with E-state index in [9.17, 15) is 14.0 Å². The summed E-state index contributed by atoms with van der Waals surface area (Å²) in [7, 11) is 1.42. The number of ether oxygens (including phenoxy) is 1. The molecule has 1 aromatic carbocycles. The number of thiazole rings is 1. The van der Waals surface area contributed by atoms with Crippen LogP contribution in [0.25, 0.3) is 5.69 Å². The summed E-state index contributed by atoms with van der Waals surface area (Å²) in [5.41, 5.74) is 1.44. The van der Waals surface area contributed by atoms with Crippen molar-refractivity contribution in [3.63, 3.8) is 0 Å². The third-order valence-corrected chi connectivity index (χ3v) is 6.87. The van der Waals surface area contributed by atoms with E-state index >= 15 is 0 Å². The van der Waals surface area contributed by atoms with E-state index in [1.54, 1.807) is 0 Å². The van der Waals surface area contributed by atoms with Crippen LogP contribution in [0.3, 0.4) is 0 Å². The van der Waals surface area contributed by atoms with Crippen LogP contribution in [-0.4, -0.2) is 49.6 Å². The van der Waals surface area contributed by atoms with E-state index in [2.05, 4.69) is 30.9 Å². The number of halogens is 1. The quantitative estimate of drug-likeness (QED) is 0.275. The Morgan fingerprint density at radius 2 is 1.97 bits per heavy atom. The number of rotatable bonds is 8.